The van der Waals surface area contributed by atoms with E-state index < -0.39 is 5.82 Å². The topological polar surface area (TPSA) is 70.7 Å². The summed E-state index contributed by atoms with van der Waals surface area (Å²) in [5.74, 6) is -0.314. The van der Waals surface area contributed by atoms with Crippen molar-refractivity contribution in [3.63, 3.8) is 0 Å². The van der Waals surface area contributed by atoms with Gasteiger partial charge in [-0.3, -0.25) is 14.5 Å². The number of nitrogens with one attached hydrogen (secondary N) is 2. The lowest BCUT2D eigenvalue weighted by atomic mass is 9.65. The zero-order valence-corrected chi connectivity index (χ0v) is 17.8. The maximum atomic E-state index is 13.5. The quantitative estimate of drug-likeness (QED) is 0.789. The monoisotopic (exact) mass is 405 g/mol. The third-order valence-corrected chi connectivity index (χ3v) is 5.84. The van der Waals surface area contributed by atoms with Crippen LogP contribution >= 0.6 is 0 Å². The molecule has 1 aromatic rings. The Morgan fingerprint density at radius 2 is 1.90 bits per heavy atom. The Hall–Kier alpha value is -2.15. The molecule has 2 aliphatic rings. The summed E-state index contributed by atoms with van der Waals surface area (Å²) in [5, 5.41) is 5.89. The molecular formula is C22H32FN3O3. The van der Waals surface area contributed by atoms with Gasteiger partial charge >= 0.3 is 0 Å². The minimum absolute atomic E-state index is 0.0192. The van der Waals surface area contributed by atoms with E-state index in [1.54, 1.807) is 6.07 Å². The number of ether oxygens (including phenoxy) is 1. The molecule has 7 heteroatoms. The van der Waals surface area contributed by atoms with Crippen LogP contribution in [-0.2, 0) is 9.59 Å². The van der Waals surface area contributed by atoms with E-state index in [1.807, 2.05) is 20.8 Å². The molecular weight excluding hydrogens is 373 g/mol. The van der Waals surface area contributed by atoms with E-state index in [4.69, 9.17) is 4.74 Å². The Morgan fingerprint density at radius 3 is 2.48 bits per heavy atom. The molecule has 3 rings (SSSR count). The molecule has 0 radical (unpaired) electrons. The number of hydrogen-bond acceptors (Lipinski definition) is 4. The number of nitrogens with zero attached hydrogens (tertiary/aromatic N) is 1. The van der Waals surface area contributed by atoms with Crippen LogP contribution in [0.4, 0.5) is 10.1 Å². The number of benzene rings is 1. The van der Waals surface area contributed by atoms with E-state index in [0.29, 0.717) is 12.2 Å². The summed E-state index contributed by atoms with van der Waals surface area (Å²) in [6.07, 6.45) is 3.67. The summed E-state index contributed by atoms with van der Waals surface area (Å²) in [6, 6.07) is 4.35. The molecule has 6 nitrogen and oxygen atoms in total. The van der Waals surface area contributed by atoms with Crippen molar-refractivity contribution in [1.29, 1.82) is 0 Å². The molecule has 1 spiro atoms. The van der Waals surface area contributed by atoms with Gasteiger partial charge in [-0.1, -0.05) is 0 Å². The molecule has 2 fully saturated rings. The average molecular weight is 406 g/mol. The van der Waals surface area contributed by atoms with Gasteiger partial charge in [0.05, 0.1) is 13.7 Å². The van der Waals surface area contributed by atoms with Crippen LogP contribution in [0.3, 0.4) is 0 Å². The first-order valence-corrected chi connectivity index (χ1v) is 10.3. The van der Waals surface area contributed by atoms with Gasteiger partial charge in [-0.25, -0.2) is 4.39 Å². The van der Waals surface area contributed by atoms with Gasteiger partial charge in [-0.05, 0) is 64.0 Å². The van der Waals surface area contributed by atoms with E-state index in [0.717, 1.165) is 38.8 Å². The van der Waals surface area contributed by atoms with Crippen molar-refractivity contribution < 1.29 is 18.7 Å². The highest BCUT2D eigenvalue weighted by atomic mass is 19.1. The number of anilines is 1. The van der Waals surface area contributed by atoms with Crippen LogP contribution in [-0.4, -0.2) is 49.0 Å². The Bertz CT molecular complexity index is 759. The van der Waals surface area contributed by atoms with E-state index in [9.17, 15) is 14.0 Å². The third kappa shape index (κ3) is 5.47. The highest BCUT2D eigenvalue weighted by Crippen LogP contribution is 2.45. The van der Waals surface area contributed by atoms with Gasteiger partial charge in [-0.2, -0.15) is 0 Å². The largest absolute Gasteiger partial charge is 0.494 e. The van der Waals surface area contributed by atoms with Gasteiger partial charge in [0.1, 0.15) is 0 Å². The van der Waals surface area contributed by atoms with Crippen molar-refractivity contribution >= 4 is 17.5 Å². The zero-order valence-electron chi connectivity index (χ0n) is 17.8. The van der Waals surface area contributed by atoms with Crippen molar-refractivity contribution in [2.75, 3.05) is 32.1 Å². The molecule has 160 valence electrons. The van der Waals surface area contributed by atoms with Crippen molar-refractivity contribution in [2.24, 2.45) is 11.3 Å². The van der Waals surface area contributed by atoms with E-state index in [-0.39, 0.29) is 34.4 Å². The lowest BCUT2D eigenvalue weighted by Crippen LogP contribution is -2.60. The zero-order chi connectivity index (χ0) is 21.2. The number of amides is 2. The fraction of sp³-hybridized carbons (Fsp3) is 0.636. The summed E-state index contributed by atoms with van der Waals surface area (Å²) in [7, 11) is 1.40. The van der Waals surface area contributed by atoms with Crippen LogP contribution in [0.1, 0.15) is 46.5 Å². The Labute approximate surface area is 172 Å². The first-order valence-electron chi connectivity index (χ1n) is 10.3. The highest BCUT2D eigenvalue weighted by Gasteiger charge is 2.46. The number of halogens is 1. The summed E-state index contributed by atoms with van der Waals surface area (Å²) >= 11 is 0. The minimum Gasteiger partial charge on any atom is -0.494 e. The number of carbonyl (C=O) groups excluding carboxylic acids is 2. The number of rotatable bonds is 5. The van der Waals surface area contributed by atoms with E-state index in [1.165, 1.54) is 19.2 Å². The van der Waals surface area contributed by atoms with Crippen molar-refractivity contribution in [3.05, 3.63) is 24.0 Å². The minimum atomic E-state index is -0.448. The molecule has 0 aromatic heterocycles. The first kappa shape index (κ1) is 21.6. The lowest BCUT2D eigenvalue weighted by Gasteiger charge is -2.53. The standard InChI is InChI=1S/C22H32FN3O3/c1-21(2,3)25-19(27)12-26-13-22(14-26)9-7-15(8-10-22)20(28)24-16-5-6-17(23)18(11-16)29-4/h5-6,11,15H,7-10,12-14H2,1-4H3,(H,24,28)(H,25,27). The normalized spacial score (nSPS) is 19.5. The molecule has 0 atom stereocenters. The summed E-state index contributed by atoms with van der Waals surface area (Å²) in [5.41, 5.74) is 0.588. The Kier molecular flexibility index (Phi) is 6.17. The van der Waals surface area contributed by atoms with E-state index in [2.05, 4.69) is 15.5 Å². The summed E-state index contributed by atoms with van der Waals surface area (Å²) in [4.78, 5) is 26.9. The summed E-state index contributed by atoms with van der Waals surface area (Å²) in [6.45, 7) is 8.24. The van der Waals surface area contributed by atoms with Crippen LogP contribution in [0, 0.1) is 17.2 Å². The van der Waals surface area contributed by atoms with Crippen LogP contribution in [0.15, 0.2) is 18.2 Å². The molecule has 1 saturated heterocycles. The van der Waals surface area contributed by atoms with Gasteiger partial charge < -0.3 is 15.4 Å². The van der Waals surface area contributed by atoms with Crippen LogP contribution in [0.2, 0.25) is 0 Å². The molecule has 1 heterocycles. The second-order valence-corrected chi connectivity index (χ2v) is 9.56. The smallest absolute Gasteiger partial charge is 0.234 e. The molecule has 0 bridgehead atoms. The molecule has 29 heavy (non-hydrogen) atoms. The number of methoxy groups -OCH3 is 1. The predicted molar refractivity (Wildman–Crippen MR) is 110 cm³/mol. The molecule has 1 aliphatic carbocycles. The first-order chi connectivity index (χ1) is 13.6. The Morgan fingerprint density at radius 1 is 1.24 bits per heavy atom. The molecule has 1 aromatic carbocycles. The Balaban J connectivity index is 1.44. The molecule has 2 amide bonds. The van der Waals surface area contributed by atoms with Crippen LogP contribution in [0.25, 0.3) is 0 Å². The maximum absolute atomic E-state index is 13.5. The second kappa shape index (κ2) is 8.30. The average Bonchev–Trinajstić information content (AvgIpc) is 2.61. The number of hydrogen-bond donors (Lipinski definition) is 2. The van der Waals surface area contributed by atoms with Gasteiger partial charge in [0.2, 0.25) is 11.8 Å². The predicted octanol–water partition coefficient (Wildman–Crippen LogP) is 3.18. The van der Waals surface area contributed by atoms with Gasteiger partial charge in [0.25, 0.3) is 0 Å². The molecule has 1 saturated carbocycles. The number of carbonyl (C=O) groups is 2. The van der Waals surface area contributed by atoms with E-state index >= 15 is 0 Å². The van der Waals surface area contributed by atoms with Crippen molar-refractivity contribution in [1.82, 2.24) is 10.2 Å². The lowest BCUT2D eigenvalue weighted by molar-refractivity contribution is -0.129. The molecule has 1 aliphatic heterocycles. The SMILES string of the molecule is COc1cc(NC(=O)C2CCC3(CC2)CN(CC(=O)NC(C)(C)C)C3)ccc1F. The van der Waals surface area contributed by atoms with Crippen molar-refractivity contribution in [2.45, 2.75) is 52.0 Å². The van der Waals surface area contributed by atoms with Crippen LogP contribution < -0.4 is 15.4 Å². The highest BCUT2D eigenvalue weighted by molar-refractivity contribution is 5.92. The fourth-order valence-electron chi connectivity index (χ4n) is 4.47. The van der Waals surface area contributed by atoms with Crippen molar-refractivity contribution in [3.8, 4) is 5.75 Å². The number of likely N-dealkylation sites (tertiary alicyclic amines) is 1. The fourth-order valence-corrected chi connectivity index (χ4v) is 4.47. The molecule has 2 N–H and O–H groups in total. The summed E-state index contributed by atoms with van der Waals surface area (Å²) < 4.78 is 18.5. The van der Waals surface area contributed by atoms with Gasteiger partial charge in [0.15, 0.2) is 11.6 Å². The van der Waals surface area contributed by atoms with Gasteiger partial charge in [-0.15, -0.1) is 0 Å². The molecule has 0 unspecified atom stereocenters. The van der Waals surface area contributed by atoms with Gasteiger partial charge in [0, 0.05) is 36.3 Å². The van der Waals surface area contributed by atoms with Crippen LogP contribution in [0.5, 0.6) is 5.75 Å². The maximum Gasteiger partial charge on any atom is 0.234 e. The third-order valence-electron chi connectivity index (χ3n) is 5.84. The second-order valence-electron chi connectivity index (χ2n) is 9.56.